The standard InChI is InChI=1S/C14H9ClF4OS/c15-9-3-6-11(12(16)7-9)13(20)8-1-4-10(5-2-8)21-14(17,18)19/h1-7,13,20H. The number of aliphatic hydroxyl groups excluding tert-OH is 1. The first-order chi connectivity index (χ1) is 9.76. The lowest BCUT2D eigenvalue weighted by molar-refractivity contribution is -0.0328. The van der Waals surface area contributed by atoms with Gasteiger partial charge in [-0.2, -0.15) is 13.2 Å². The molecule has 2 aromatic carbocycles. The molecular formula is C14H9ClF4OS. The van der Waals surface area contributed by atoms with Gasteiger partial charge in [-0.15, -0.1) is 0 Å². The molecule has 112 valence electrons. The van der Waals surface area contributed by atoms with Crippen molar-refractivity contribution in [3.63, 3.8) is 0 Å². The molecule has 0 aliphatic heterocycles. The minimum Gasteiger partial charge on any atom is -0.384 e. The number of hydrogen-bond donors (Lipinski definition) is 1. The minimum atomic E-state index is -4.37. The van der Waals surface area contributed by atoms with Crippen molar-refractivity contribution in [2.24, 2.45) is 0 Å². The summed E-state index contributed by atoms with van der Waals surface area (Å²) in [4.78, 5) is -0.00460. The minimum absolute atomic E-state index is 0.00460. The maximum Gasteiger partial charge on any atom is 0.446 e. The Morgan fingerprint density at radius 3 is 2.19 bits per heavy atom. The fourth-order valence-corrected chi connectivity index (χ4v) is 2.45. The fourth-order valence-electron chi connectivity index (χ4n) is 1.75. The maximum atomic E-state index is 13.7. The summed E-state index contributed by atoms with van der Waals surface area (Å²) in [6, 6.07) is 8.93. The molecule has 0 saturated carbocycles. The van der Waals surface area contributed by atoms with Gasteiger partial charge in [-0.3, -0.25) is 0 Å². The monoisotopic (exact) mass is 336 g/mol. The number of alkyl halides is 3. The number of aliphatic hydroxyl groups is 1. The summed E-state index contributed by atoms with van der Waals surface area (Å²) in [5.74, 6) is -0.677. The molecule has 0 amide bonds. The highest BCUT2D eigenvalue weighted by molar-refractivity contribution is 8.00. The van der Waals surface area contributed by atoms with Crippen LogP contribution in [0.3, 0.4) is 0 Å². The molecule has 1 atom stereocenters. The topological polar surface area (TPSA) is 20.2 Å². The lowest BCUT2D eigenvalue weighted by Gasteiger charge is -2.13. The van der Waals surface area contributed by atoms with E-state index in [1.807, 2.05) is 0 Å². The number of thioether (sulfide) groups is 1. The van der Waals surface area contributed by atoms with Crippen LogP contribution in [0.15, 0.2) is 47.4 Å². The van der Waals surface area contributed by atoms with Crippen LogP contribution < -0.4 is 0 Å². The highest BCUT2D eigenvalue weighted by atomic mass is 35.5. The Balaban J connectivity index is 2.22. The summed E-state index contributed by atoms with van der Waals surface area (Å²) >= 11 is 5.37. The van der Waals surface area contributed by atoms with Crippen LogP contribution in [0.25, 0.3) is 0 Å². The number of rotatable bonds is 3. The second-order valence-electron chi connectivity index (χ2n) is 4.19. The first kappa shape index (κ1) is 16.1. The van der Waals surface area contributed by atoms with E-state index in [2.05, 4.69) is 0 Å². The Labute approximate surface area is 127 Å². The Bertz CT molecular complexity index is 628. The molecule has 0 aliphatic carbocycles. The van der Waals surface area contributed by atoms with Crippen molar-refractivity contribution in [3.05, 3.63) is 64.4 Å². The number of halogens is 5. The van der Waals surface area contributed by atoms with E-state index in [1.165, 1.54) is 36.4 Å². The predicted octanol–water partition coefficient (Wildman–Crippen LogP) is 5.17. The van der Waals surface area contributed by atoms with E-state index in [9.17, 15) is 22.7 Å². The van der Waals surface area contributed by atoms with Crippen molar-refractivity contribution in [1.82, 2.24) is 0 Å². The first-order valence-electron chi connectivity index (χ1n) is 5.75. The SMILES string of the molecule is OC(c1ccc(SC(F)(F)F)cc1)c1ccc(Cl)cc1F. The molecule has 21 heavy (non-hydrogen) atoms. The van der Waals surface area contributed by atoms with Crippen molar-refractivity contribution >= 4 is 23.4 Å². The third kappa shape index (κ3) is 4.36. The zero-order valence-corrected chi connectivity index (χ0v) is 11.9. The summed E-state index contributed by atoms with van der Waals surface area (Å²) in [7, 11) is 0. The van der Waals surface area contributed by atoms with Crippen molar-refractivity contribution < 1.29 is 22.7 Å². The predicted molar refractivity (Wildman–Crippen MR) is 73.8 cm³/mol. The molecule has 0 saturated heterocycles. The van der Waals surface area contributed by atoms with Crippen LogP contribution in [0.5, 0.6) is 0 Å². The largest absolute Gasteiger partial charge is 0.446 e. The first-order valence-corrected chi connectivity index (χ1v) is 6.94. The van der Waals surface area contributed by atoms with Gasteiger partial charge in [0.05, 0.1) is 0 Å². The molecule has 2 aromatic rings. The van der Waals surface area contributed by atoms with Crippen LogP contribution in [-0.4, -0.2) is 10.6 Å². The Hall–Kier alpha value is -1.24. The second-order valence-corrected chi connectivity index (χ2v) is 5.76. The Kier molecular flexibility index (Phi) is 4.81. The average Bonchev–Trinajstić information content (AvgIpc) is 2.37. The molecule has 0 aliphatic rings. The highest BCUT2D eigenvalue weighted by Crippen LogP contribution is 2.37. The molecule has 0 heterocycles. The van der Waals surface area contributed by atoms with Gasteiger partial charge in [0, 0.05) is 15.5 Å². The summed E-state index contributed by atoms with van der Waals surface area (Å²) in [5.41, 5.74) is -4.07. The van der Waals surface area contributed by atoms with E-state index < -0.39 is 17.4 Å². The van der Waals surface area contributed by atoms with E-state index in [0.29, 0.717) is 5.56 Å². The fraction of sp³-hybridized carbons (Fsp3) is 0.143. The van der Waals surface area contributed by atoms with E-state index in [0.717, 1.165) is 6.07 Å². The lowest BCUT2D eigenvalue weighted by Crippen LogP contribution is -2.03. The van der Waals surface area contributed by atoms with Gasteiger partial charge in [-0.1, -0.05) is 29.8 Å². The molecule has 7 heteroatoms. The third-order valence-electron chi connectivity index (χ3n) is 2.69. The molecule has 2 rings (SSSR count). The van der Waals surface area contributed by atoms with Gasteiger partial charge in [0.25, 0.3) is 0 Å². The van der Waals surface area contributed by atoms with Gasteiger partial charge in [0.2, 0.25) is 0 Å². The summed E-state index contributed by atoms with van der Waals surface area (Å²) in [6.07, 6.45) is -1.27. The van der Waals surface area contributed by atoms with Crippen LogP contribution in [-0.2, 0) is 0 Å². The van der Waals surface area contributed by atoms with Gasteiger partial charge in [-0.25, -0.2) is 4.39 Å². The van der Waals surface area contributed by atoms with E-state index in [-0.39, 0.29) is 27.2 Å². The average molecular weight is 337 g/mol. The summed E-state index contributed by atoms with van der Waals surface area (Å²) < 4.78 is 50.3. The normalized spacial score (nSPS) is 13.2. The molecule has 1 N–H and O–H groups in total. The van der Waals surface area contributed by atoms with Gasteiger partial charge in [0.1, 0.15) is 11.9 Å². The number of benzene rings is 2. The molecule has 0 fully saturated rings. The van der Waals surface area contributed by atoms with Crippen molar-refractivity contribution in [2.45, 2.75) is 16.5 Å². The van der Waals surface area contributed by atoms with Gasteiger partial charge in [0.15, 0.2) is 0 Å². The highest BCUT2D eigenvalue weighted by Gasteiger charge is 2.29. The molecule has 1 nitrogen and oxygen atoms in total. The van der Waals surface area contributed by atoms with Crippen LogP contribution in [0.1, 0.15) is 17.2 Å². The van der Waals surface area contributed by atoms with E-state index in [1.54, 1.807) is 0 Å². The smallest absolute Gasteiger partial charge is 0.384 e. The van der Waals surface area contributed by atoms with Crippen LogP contribution in [0, 0.1) is 5.82 Å². The molecule has 0 radical (unpaired) electrons. The molecule has 0 spiro atoms. The van der Waals surface area contributed by atoms with Gasteiger partial charge in [-0.05, 0) is 41.6 Å². The van der Waals surface area contributed by atoms with E-state index >= 15 is 0 Å². The summed E-state index contributed by atoms with van der Waals surface area (Å²) in [5, 5.41) is 10.3. The van der Waals surface area contributed by atoms with Crippen LogP contribution in [0.4, 0.5) is 17.6 Å². The van der Waals surface area contributed by atoms with Gasteiger partial charge >= 0.3 is 5.51 Å². The van der Waals surface area contributed by atoms with Crippen molar-refractivity contribution in [2.75, 3.05) is 0 Å². The summed E-state index contributed by atoms with van der Waals surface area (Å²) in [6.45, 7) is 0. The zero-order valence-electron chi connectivity index (χ0n) is 10.4. The Morgan fingerprint density at radius 2 is 1.67 bits per heavy atom. The molecule has 1 unspecified atom stereocenters. The maximum absolute atomic E-state index is 13.7. The van der Waals surface area contributed by atoms with Crippen molar-refractivity contribution in [1.29, 1.82) is 0 Å². The van der Waals surface area contributed by atoms with E-state index in [4.69, 9.17) is 11.6 Å². The second kappa shape index (κ2) is 6.25. The van der Waals surface area contributed by atoms with Gasteiger partial charge < -0.3 is 5.11 Å². The van der Waals surface area contributed by atoms with Crippen LogP contribution >= 0.6 is 23.4 Å². The lowest BCUT2D eigenvalue weighted by atomic mass is 10.0. The third-order valence-corrected chi connectivity index (χ3v) is 3.66. The zero-order chi connectivity index (χ0) is 15.6. The quantitative estimate of drug-likeness (QED) is 0.616. The molecule has 0 bridgehead atoms. The molecule has 0 aromatic heterocycles. The number of hydrogen-bond acceptors (Lipinski definition) is 2. The molecular weight excluding hydrogens is 328 g/mol. The Morgan fingerprint density at radius 1 is 1.05 bits per heavy atom. The van der Waals surface area contributed by atoms with Crippen molar-refractivity contribution in [3.8, 4) is 0 Å². The van der Waals surface area contributed by atoms with Crippen LogP contribution in [0.2, 0.25) is 5.02 Å².